The van der Waals surface area contributed by atoms with Crippen molar-refractivity contribution in [3.63, 3.8) is 0 Å². The van der Waals surface area contributed by atoms with Crippen molar-refractivity contribution in [2.75, 3.05) is 18.4 Å². The van der Waals surface area contributed by atoms with Crippen LogP contribution in [-0.2, 0) is 0 Å². The van der Waals surface area contributed by atoms with Crippen LogP contribution in [0.2, 0.25) is 0 Å². The first kappa shape index (κ1) is 15.9. The summed E-state index contributed by atoms with van der Waals surface area (Å²) in [5.74, 6) is -3.14. The van der Waals surface area contributed by atoms with Crippen LogP contribution >= 0.6 is 15.9 Å². The van der Waals surface area contributed by atoms with Gasteiger partial charge < -0.3 is 4.90 Å². The van der Waals surface area contributed by atoms with E-state index in [0.29, 0.717) is 0 Å². The number of hydrogen-bond donors (Lipinski definition) is 0. The number of alkyl halides is 3. The lowest BCUT2D eigenvalue weighted by atomic mass is 10.1. The van der Waals surface area contributed by atoms with Gasteiger partial charge in [-0.1, -0.05) is 22.0 Å². The van der Waals surface area contributed by atoms with Gasteiger partial charge in [0, 0.05) is 11.9 Å². The fraction of sp³-hybridized carbons (Fsp3) is 0.417. The summed E-state index contributed by atoms with van der Waals surface area (Å²) in [5.41, 5.74) is -0.706. The molecule has 19 heavy (non-hydrogen) atoms. The van der Waals surface area contributed by atoms with Crippen molar-refractivity contribution in [3.05, 3.63) is 34.9 Å². The fourth-order valence-corrected chi connectivity index (χ4v) is 1.98. The first-order valence-corrected chi connectivity index (χ1v) is 6.58. The van der Waals surface area contributed by atoms with Crippen molar-refractivity contribution in [2.24, 2.45) is 0 Å². The SMILES string of the molecule is Cc1ccc(F)c(C(=O)N(CCBr)CC(F)F)c1F. The van der Waals surface area contributed by atoms with E-state index in [1.807, 2.05) is 0 Å². The number of amides is 1. The summed E-state index contributed by atoms with van der Waals surface area (Å²) in [6.07, 6.45) is -2.76. The Morgan fingerprint density at radius 2 is 2.00 bits per heavy atom. The van der Waals surface area contributed by atoms with Crippen LogP contribution in [0.3, 0.4) is 0 Å². The fourth-order valence-electron chi connectivity index (χ4n) is 1.56. The highest BCUT2D eigenvalue weighted by Gasteiger charge is 2.25. The summed E-state index contributed by atoms with van der Waals surface area (Å²) >= 11 is 3.01. The Bertz CT molecular complexity index is 467. The molecule has 0 fully saturated rings. The molecule has 0 heterocycles. The zero-order valence-corrected chi connectivity index (χ0v) is 11.7. The first-order chi connectivity index (χ1) is 8.88. The maximum absolute atomic E-state index is 13.8. The molecule has 0 radical (unpaired) electrons. The maximum Gasteiger partial charge on any atom is 0.260 e. The third-order valence-corrected chi connectivity index (χ3v) is 2.85. The van der Waals surface area contributed by atoms with E-state index in [2.05, 4.69) is 15.9 Å². The van der Waals surface area contributed by atoms with Gasteiger partial charge >= 0.3 is 0 Å². The molecule has 1 rings (SSSR count). The molecule has 2 nitrogen and oxygen atoms in total. The summed E-state index contributed by atoms with van der Waals surface area (Å²) in [5, 5.41) is 0.237. The van der Waals surface area contributed by atoms with Gasteiger partial charge in [-0.25, -0.2) is 17.6 Å². The molecule has 0 aliphatic heterocycles. The molecule has 0 aliphatic rings. The Morgan fingerprint density at radius 3 is 2.53 bits per heavy atom. The zero-order valence-electron chi connectivity index (χ0n) is 10.1. The minimum Gasteiger partial charge on any atom is -0.332 e. The number of carbonyl (C=O) groups excluding carboxylic acids is 1. The van der Waals surface area contributed by atoms with Crippen LogP contribution in [0.4, 0.5) is 17.6 Å². The molecule has 0 spiro atoms. The van der Waals surface area contributed by atoms with Crippen LogP contribution in [-0.4, -0.2) is 35.7 Å². The molecule has 0 N–H and O–H groups in total. The molecule has 0 bridgehead atoms. The van der Waals surface area contributed by atoms with E-state index < -0.39 is 36.1 Å². The van der Waals surface area contributed by atoms with Gasteiger partial charge in [0.1, 0.15) is 17.2 Å². The normalized spacial score (nSPS) is 10.9. The van der Waals surface area contributed by atoms with Gasteiger partial charge in [0.15, 0.2) is 0 Å². The highest BCUT2D eigenvalue weighted by molar-refractivity contribution is 9.09. The molecule has 106 valence electrons. The minimum absolute atomic E-state index is 0.0595. The number of carbonyl (C=O) groups is 1. The van der Waals surface area contributed by atoms with Crippen LogP contribution in [0, 0.1) is 18.6 Å². The van der Waals surface area contributed by atoms with Crippen molar-refractivity contribution < 1.29 is 22.4 Å². The summed E-state index contributed by atoms with van der Waals surface area (Å²) in [6.45, 7) is 0.445. The lowest BCUT2D eigenvalue weighted by molar-refractivity contribution is 0.0564. The number of aryl methyl sites for hydroxylation is 1. The van der Waals surface area contributed by atoms with Crippen LogP contribution in [0.25, 0.3) is 0 Å². The molecule has 0 unspecified atom stereocenters. The molecule has 0 aliphatic carbocycles. The van der Waals surface area contributed by atoms with Crippen molar-refractivity contribution in [1.82, 2.24) is 4.90 Å². The third kappa shape index (κ3) is 3.92. The molecule has 1 amide bonds. The molecule has 0 saturated heterocycles. The summed E-state index contributed by atoms with van der Waals surface area (Å²) < 4.78 is 52.0. The van der Waals surface area contributed by atoms with E-state index in [0.717, 1.165) is 11.0 Å². The Hall–Kier alpha value is -1.11. The van der Waals surface area contributed by atoms with Gasteiger partial charge in [0.2, 0.25) is 0 Å². The number of benzene rings is 1. The Balaban J connectivity index is 3.12. The maximum atomic E-state index is 13.8. The van der Waals surface area contributed by atoms with Gasteiger partial charge in [-0.3, -0.25) is 4.79 Å². The standard InChI is InChI=1S/C12H12BrF4NO/c1-7-2-3-8(14)10(11(7)17)12(19)18(5-4-13)6-9(15)16/h2-3,9H,4-6H2,1H3. The summed E-state index contributed by atoms with van der Waals surface area (Å²) in [4.78, 5) is 12.7. The summed E-state index contributed by atoms with van der Waals surface area (Å²) in [7, 11) is 0. The van der Waals surface area contributed by atoms with E-state index >= 15 is 0 Å². The third-order valence-electron chi connectivity index (χ3n) is 2.50. The number of hydrogen-bond acceptors (Lipinski definition) is 1. The van der Waals surface area contributed by atoms with Crippen molar-refractivity contribution in [2.45, 2.75) is 13.3 Å². The predicted octanol–water partition coefficient (Wildman–Crippen LogP) is 3.38. The van der Waals surface area contributed by atoms with Gasteiger partial charge in [0.25, 0.3) is 12.3 Å². The Labute approximate surface area is 116 Å². The number of nitrogens with zero attached hydrogens (tertiary/aromatic N) is 1. The largest absolute Gasteiger partial charge is 0.332 e. The van der Waals surface area contributed by atoms with Crippen molar-refractivity contribution >= 4 is 21.8 Å². The quantitative estimate of drug-likeness (QED) is 0.594. The van der Waals surface area contributed by atoms with Gasteiger partial charge in [-0.2, -0.15) is 0 Å². The number of rotatable bonds is 5. The second-order valence-corrected chi connectivity index (χ2v) is 4.68. The molecular formula is C12H12BrF4NO. The zero-order chi connectivity index (χ0) is 14.6. The topological polar surface area (TPSA) is 20.3 Å². The molecule has 0 saturated carbocycles. The first-order valence-electron chi connectivity index (χ1n) is 5.46. The highest BCUT2D eigenvalue weighted by atomic mass is 79.9. The van der Waals surface area contributed by atoms with Crippen LogP contribution in [0.1, 0.15) is 15.9 Å². The second-order valence-electron chi connectivity index (χ2n) is 3.88. The molecule has 0 aromatic heterocycles. The summed E-state index contributed by atoms with van der Waals surface area (Å²) in [6, 6.07) is 2.13. The van der Waals surface area contributed by atoms with Crippen molar-refractivity contribution in [3.8, 4) is 0 Å². The molecule has 7 heteroatoms. The van der Waals surface area contributed by atoms with E-state index in [1.54, 1.807) is 0 Å². The van der Waals surface area contributed by atoms with E-state index in [-0.39, 0.29) is 17.4 Å². The van der Waals surface area contributed by atoms with Gasteiger partial charge in [-0.05, 0) is 18.6 Å². The van der Waals surface area contributed by atoms with E-state index in [4.69, 9.17) is 0 Å². The van der Waals surface area contributed by atoms with Crippen LogP contribution in [0.15, 0.2) is 12.1 Å². The average Bonchev–Trinajstić information content (AvgIpc) is 2.33. The van der Waals surface area contributed by atoms with E-state index in [1.165, 1.54) is 13.0 Å². The van der Waals surface area contributed by atoms with Gasteiger partial charge in [0.05, 0.1) is 6.54 Å². The van der Waals surface area contributed by atoms with Crippen molar-refractivity contribution in [1.29, 1.82) is 0 Å². The number of halogens is 5. The Kier molecular flexibility index (Phi) is 5.78. The van der Waals surface area contributed by atoms with E-state index in [9.17, 15) is 22.4 Å². The average molecular weight is 342 g/mol. The van der Waals surface area contributed by atoms with Gasteiger partial charge in [-0.15, -0.1) is 0 Å². The predicted molar refractivity (Wildman–Crippen MR) is 66.8 cm³/mol. The van der Waals surface area contributed by atoms with Crippen LogP contribution < -0.4 is 0 Å². The lowest BCUT2D eigenvalue weighted by Crippen LogP contribution is -2.37. The molecule has 0 atom stereocenters. The molecular weight excluding hydrogens is 330 g/mol. The monoisotopic (exact) mass is 341 g/mol. The highest BCUT2D eigenvalue weighted by Crippen LogP contribution is 2.19. The Morgan fingerprint density at radius 1 is 1.37 bits per heavy atom. The minimum atomic E-state index is -2.76. The molecule has 1 aromatic rings. The second kappa shape index (κ2) is 6.88. The molecule has 1 aromatic carbocycles. The van der Waals surface area contributed by atoms with Crippen LogP contribution in [0.5, 0.6) is 0 Å². The lowest BCUT2D eigenvalue weighted by Gasteiger charge is -2.22. The smallest absolute Gasteiger partial charge is 0.260 e.